The fourth-order valence-corrected chi connectivity index (χ4v) is 2.57. The highest BCUT2D eigenvalue weighted by Gasteiger charge is 2.23. The van der Waals surface area contributed by atoms with Crippen molar-refractivity contribution in [2.24, 2.45) is 0 Å². The number of amides is 2. The number of urea groups is 1. The first-order valence-corrected chi connectivity index (χ1v) is 8.22. The molecule has 128 valence electrons. The monoisotopic (exact) mass is 326 g/mol. The second-order valence-corrected chi connectivity index (χ2v) is 6.74. The first-order valence-electron chi connectivity index (χ1n) is 8.22. The van der Waals surface area contributed by atoms with E-state index in [0.717, 1.165) is 11.1 Å². The molecule has 0 aliphatic carbocycles. The van der Waals surface area contributed by atoms with Crippen molar-refractivity contribution in [3.63, 3.8) is 0 Å². The third kappa shape index (κ3) is 5.70. The van der Waals surface area contributed by atoms with Crippen molar-refractivity contribution in [2.75, 3.05) is 6.54 Å². The molecule has 0 heterocycles. The van der Waals surface area contributed by atoms with Crippen molar-refractivity contribution in [3.8, 4) is 0 Å². The van der Waals surface area contributed by atoms with Crippen molar-refractivity contribution in [1.82, 2.24) is 10.2 Å². The Labute approximate surface area is 144 Å². The number of carbonyl (C=O) groups is 1. The molecular weight excluding hydrogens is 300 g/mol. The molecule has 4 heteroatoms. The molecule has 1 atom stereocenters. The summed E-state index contributed by atoms with van der Waals surface area (Å²) in [6.45, 7) is 6.09. The molecule has 0 aliphatic heterocycles. The zero-order chi connectivity index (χ0) is 17.6. The van der Waals surface area contributed by atoms with E-state index in [-0.39, 0.29) is 18.6 Å². The van der Waals surface area contributed by atoms with E-state index in [4.69, 9.17) is 0 Å². The summed E-state index contributed by atoms with van der Waals surface area (Å²) in [5.74, 6) is 0. The Bertz CT molecular complexity index is 636. The Hall–Kier alpha value is -2.33. The number of hydrogen-bond acceptors (Lipinski definition) is 2. The van der Waals surface area contributed by atoms with Crippen molar-refractivity contribution in [3.05, 3.63) is 71.8 Å². The van der Waals surface area contributed by atoms with E-state index >= 15 is 0 Å². The maximum atomic E-state index is 12.7. The van der Waals surface area contributed by atoms with E-state index in [2.05, 4.69) is 5.32 Å². The SMILES string of the molecule is C[C@@H](NC(=O)N(Cc1ccccc1)CC(C)(C)O)c1ccccc1. The minimum Gasteiger partial charge on any atom is -0.389 e. The Morgan fingerprint density at radius 1 is 1.08 bits per heavy atom. The van der Waals surface area contributed by atoms with Gasteiger partial charge in [0.15, 0.2) is 0 Å². The summed E-state index contributed by atoms with van der Waals surface area (Å²) in [4.78, 5) is 14.4. The van der Waals surface area contributed by atoms with Gasteiger partial charge < -0.3 is 15.3 Å². The zero-order valence-electron chi connectivity index (χ0n) is 14.6. The van der Waals surface area contributed by atoms with Gasteiger partial charge in [0.25, 0.3) is 0 Å². The number of nitrogens with zero attached hydrogens (tertiary/aromatic N) is 1. The van der Waals surface area contributed by atoms with Gasteiger partial charge in [-0.05, 0) is 31.9 Å². The molecule has 0 fully saturated rings. The van der Waals surface area contributed by atoms with E-state index in [0.29, 0.717) is 6.54 Å². The smallest absolute Gasteiger partial charge is 0.318 e. The largest absolute Gasteiger partial charge is 0.389 e. The first kappa shape index (κ1) is 18.0. The Morgan fingerprint density at radius 2 is 1.62 bits per heavy atom. The zero-order valence-corrected chi connectivity index (χ0v) is 14.6. The lowest BCUT2D eigenvalue weighted by Gasteiger charge is -2.30. The average Bonchev–Trinajstić information content (AvgIpc) is 2.54. The summed E-state index contributed by atoms with van der Waals surface area (Å²) < 4.78 is 0. The summed E-state index contributed by atoms with van der Waals surface area (Å²) in [5.41, 5.74) is 1.13. The van der Waals surface area contributed by atoms with Crippen molar-refractivity contribution in [1.29, 1.82) is 0 Å². The van der Waals surface area contributed by atoms with Crippen molar-refractivity contribution >= 4 is 6.03 Å². The van der Waals surface area contributed by atoms with E-state index in [1.807, 2.05) is 67.6 Å². The normalized spacial score (nSPS) is 12.5. The molecule has 2 aromatic carbocycles. The van der Waals surface area contributed by atoms with E-state index < -0.39 is 5.60 Å². The van der Waals surface area contributed by atoms with Gasteiger partial charge in [0, 0.05) is 6.54 Å². The van der Waals surface area contributed by atoms with Crippen LogP contribution >= 0.6 is 0 Å². The summed E-state index contributed by atoms with van der Waals surface area (Å²) in [7, 11) is 0. The summed E-state index contributed by atoms with van der Waals surface area (Å²) >= 11 is 0. The van der Waals surface area contributed by atoms with Gasteiger partial charge in [0.2, 0.25) is 0 Å². The molecule has 24 heavy (non-hydrogen) atoms. The van der Waals surface area contributed by atoms with Gasteiger partial charge in [-0.1, -0.05) is 60.7 Å². The van der Waals surface area contributed by atoms with Gasteiger partial charge in [-0.15, -0.1) is 0 Å². The molecule has 0 aliphatic rings. The minimum atomic E-state index is -0.956. The highest BCUT2D eigenvalue weighted by molar-refractivity contribution is 5.74. The Balaban J connectivity index is 2.09. The third-order valence-electron chi connectivity index (χ3n) is 3.72. The van der Waals surface area contributed by atoms with Crippen LogP contribution in [0, 0.1) is 0 Å². The molecule has 4 nitrogen and oxygen atoms in total. The standard InChI is InChI=1S/C20H26N2O2/c1-16(18-12-8-5-9-13-18)21-19(23)22(15-20(2,3)24)14-17-10-6-4-7-11-17/h4-13,16,24H,14-15H2,1-3H3,(H,21,23)/t16-/m1/s1. The maximum Gasteiger partial charge on any atom is 0.318 e. The number of hydrogen-bond donors (Lipinski definition) is 2. The van der Waals surface area contributed by atoms with Crippen LogP contribution in [0.1, 0.15) is 37.9 Å². The van der Waals surface area contributed by atoms with Gasteiger partial charge in [-0.3, -0.25) is 0 Å². The van der Waals surface area contributed by atoms with Crippen LogP contribution in [0.4, 0.5) is 4.79 Å². The highest BCUT2D eigenvalue weighted by Crippen LogP contribution is 2.14. The van der Waals surface area contributed by atoms with Crippen molar-refractivity contribution in [2.45, 2.75) is 39.0 Å². The number of aliphatic hydroxyl groups is 1. The van der Waals surface area contributed by atoms with Crippen LogP contribution in [0.5, 0.6) is 0 Å². The van der Waals surface area contributed by atoms with Crippen LogP contribution in [0.2, 0.25) is 0 Å². The summed E-state index contributed by atoms with van der Waals surface area (Å²) in [5, 5.41) is 13.2. The number of nitrogens with one attached hydrogen (secondary N) is 1. The first-order chi connectivity index (χ1) is 11.3. The molecule has 2 N–H and O–H groups in total. The molecule has 0 unspecified atom stereocenters. The molecule has 0 bridgehead atoms. The van der Waals surface area contributed by atoms with Crippen LogP contribution in [-0.4, -0.2) is 28.2 Å². The number of benzene rings is 2. The van der Waals surface area contributed by atoms with Crippen molar-refractivity contribution < 1.29 is 9.90 Å². The molecule has 0 radical (unpaired) electrons. The predicted octanol–water partition coefficient (Wildman–Crippen LogP) is 3.73. The average molecular weight is 326 g/mol. The predicted molar refractivity (Wildman–Crippen MR) is 96.5 cm³/mol. The lowest BCUT2D eigenvalue weighted by Crippen LogP contribution is -2.47. The van der Waals surface area contributed by atoms with Gasteiger partial charge in [-0.2, -0.15) is 0 Å². The summed E-state index contributed by atoms with van der Waals surface area (Å²) in [6, 6.07) is 19.4. The number of carbonyl (C=O) groups excluding carboxylic acids is 1. The maximum absolute atomic E-state index is 12.7. The second-order valence-electron chi connectivity index (χ2n) is 6.74. The van der Waals surface area contributed by atoms with Crippen LogP contribution in [0.15, 0.2) is 60.7 Å². The minimum absolute atomic E-state index is 0.0984. The van der Waals surface area contributed by atoms with E-state index in [1.165, 1.54) is 0 Å². The topological polar surface area (TPSA) is 52.6 Å². The second kappa shape index (κ2) is 7.97. The molecule has 2 amide bonds. The highest BCUT2D eigenvalue weighted by atomic mass is 16.3. The summed E-state index contributed by atoms with van der Waals surface area (Å²) in [6.07, 6.45) is 0. The Kier molecular flexibility index (Phi) is 5.99. The van der Waals surface area contributed by atoms with Gasteiger partial charge in [0.05, 0.1) is 18.2 Å². The molecule has 0 aromatic heterocycles. The molecule has 2 aromatic rings. The molecule has 0 spiro atoms. The molecule has 0 saturated heterocycles. The fourth-order valence-electron chi connectivity index (χ4n) is 2.57. The van der Waals surface area contributed by atoms with Crippen LogP contribution in [0.25, 0.3) is 0 Å². The quantitative estimate of drug-likeness (QED) is 0.850. The van der Waals surface area contributed by atoms with Gasteiger partial charge in [-0.25, -0.2) is 4.79 Å². The van der Waals surface area contributed by atoms with Crippen LogP contribution < -0.4 is 5.32 Å². The molecule has 2 rings (SSSR count). The number of rotatable bonds is 6. The van der Waals surface area contributed by atoms with E-state index in [9.17, 15) is 9.90 Å². The van der Waals surface area contributed by atoms with Gasteiger partial charge in [0.1, 0.15) is 0 Å². The van der Waals surface area contributed by atoms with Crippen LogP contribution in [-0.2, 0) is 6.54 Å². The third-order valence-corrected chi connectivity index (χ3v) is 3.72. The molecule has 0 saturated carbocycles. The molecular formula is C20H26N2O2. The lowest BCUT2D eigenvalue weighted by atomic mass is 10.1. The fraction of sp³-hybridized carbons (Fsp3) is 0.350. The van der Waals surface area contributed by atoms with Crippen LogP contribution in [0.3, 0.4) is 0 Å². The lowest BCUT2D eigenvalue weighted by molar-refractivity contribution is 0.0443. The van der Waals surface area contributed by atoms with E-state index in [1.54, 1.807) is 18.7 Å². The Morgan fingerprint density at radius 3 is 2.17 bits per heavy atom. The van der Waals surface area contributed by atoms with Gasteiger partial charge >= 0.3 is 6.03 Å².